The Balaban J connectivity index is 2.47. The van der Waals surface area contributed by atoms with Gasteiger partial charge in [-0.1, -0.05) is 6.07 Å². The maximum atomic E-state index is 13.4. The summed E-state index contributed by atoms with van der Waals surface area (Å²) in [5.41, 5.74) is 5.81. The Morgan fingerprint density at radius 2 is 2.00 bits per heavy atom. The number of ether oxygens (including phenoxy) is 2. The molecule has 18 heavy (non-hydrogen) atoms. The average Bonchev–Trinajstić information content (AvgIpc) is 2.22. The van der Waals surface area contributed by atoms with E-state index in [9.17, 15) is 17.6 Å². The molecule has 0 amide bonds. The van der Waals surface area contributed by atoms with Crippen molar-refractivity contribution in [2.24, 2.45) is 5.73 Å². The molecule has 1 aromatic carbocycles. The van der Waals surface area contributed by atoms with Crippen molar-refractivity contribution in [2.45, 2.75) is 19.1 Å². The molecule has 0 aromatic heterocycles. The number of halogens is 4. The summed E-state index contributed by atoms with van der Waals surface area (Å²) >= 11 is 0. The van der Waals surface area contributed by atoms with Crippen molar-refractivity contribution in [1.29, 1.82) is 0 Å². The maximum absolute atomic E-state index is 13.4. The van der Waals surface area contributed by atoms with E-state index in [1.165, 1.54) is 12.1 Å². The number of hydrogen-bond donors (Lipinski definition) is 1. The van der Waals surface area contributed by atoms with Gasteiger partial charge < -0.3 is 15.2 Å². The summed E-state index contributed by atoms with van der Waals surface area (Å²) in [5, 5.41) is 0. The Kier molecular flexibility index (Phi) is 4.92. The van der Waals surface area contributed by atoms with Gasteiger partial charge in [0.1, 0.15) is 18.2 Å². The molecule has 0 aliphatic heterocycles. The van der Waals surface area contributed by atoms with Gasteiger partial charge in [-0.25, -0.2) is 4.39 Å². The summed E-state index contributed by atoms with van der Waals surface area (Å²) in [4.78, 5) is 0. The first kappa shape index (κ1) is 14.7. The molecule has 0 spiro atoms. The second kappa shape index (κ2) is 6.01. The number of alkyl halides is 3. The normalized spacial score (nSPS) is 13.4. The quantitative estimate of drug-likeness (QED) is 0.507. The molecular weight excluding hydrogens is 254 g/mol. The van der Waals surface area contributed by atoms with Crippen molar-refractivity contribution >= 4 is 0 Å². The summed E-state index contributed by atoms with van der Waals surface area (Å²) in [6.45, 7) is -0.394. The first-order valence-corrected chi connectivity index (χ1v) is 5.12. The van der Waals surface area contributed by atoms with Gasteiger partial charge in [-0.2, -0.15) is 13.2 Å². The molecule has 0 aliphatic rings. The fourth-order valence-electron chi connectivity index (χ4n) is 1.23. The molecule has 0 radical (unpaired) electrons. The summed E-state index contributed by atoms with van der Waals surface area (Å²) in [5.74, 6) is -0.489. The van der Waals surface area contributed by atoms with Gasteiger partial charge >= 0.3 is 6.18 Å². The second-order valence-corrected chi connectivity index (χ2v) is 3.70. The van der Waals surface area contributed by atoms with Crippen LogP contribution in [0, 0.1) is 5.82 Å². The molecule has 0 unspecified atom stereocenters. The molecule has 3 nitrogen and oxygen atoms in total. The van der Waals surface area contributed by atoms with Crippen molar-refractivity contribution in [3.63, 3.8) is 0 Å². The lowest BCUT2D eigenvalue weighted by atomic mass is 10.1. The van der Waals surface area contributed by atoms with E-state index < -0.39 is 31.4 Å². The van der Waals surface area contributed by atoms with Crippen LogP contribution >= 0.6 is 0 Å². The molecule has 0 bridgehead atoms. The van der Waals surface area contributed by atoms with Crippen LogP contribution in [-0.2, 0) is 4.74 Å². The summed E-state index contributed by atoms with van der Waals surface area (Å²) in [6, 6.07) is 3.41. The average molecular weight is 267 g/mol. The number of hydrogen-bond acceptors (Lipinski definition) is 3. The third kappa shape index (κ3) is 4.89. The van der Waals surface area contributed by atoms with Crippen molar-refractivity contribution in [2.75, 3.05) is 13.4 Å². The smallest absolute Gasteiger partial charge is 0.411 e. The molecule has 0 saturated heterocycles. The highest BCUT2D eigenvalue weighted by Crippen LogP contribution is 2.21. The molecule has 1 atom stereocenters. The first-order valence-electron chi connectivity index (χ1n) is 5.12. The highest BCUT2D eigenvalue weighted by atomic mass is 19.4. The van der Waals surface area contributed by atoms with Crippen LogP contribution in [0.25, 0.3) is 0 Å². The number of nitrogens with two attached hydrogens (primary N) is 1. The highest BCUT2D eigenvalue weighted by Gasteiger charge is 2.27. The molecule has 1 rings (SSSR count). The zero-order valence-electron chi connectivity index (χ0n) is 9.63. The van der Waals surface area contributed by atoms with Crippen molar-refractivity contribution in [1.82, 2.24) is 0 Å². The molecule has 2 N–H and O–H groups in total. The monoisotopic (exact) mass is 267 g/mol. The predicted molar refractivity (Wildman–Crippen MR) is 56.5 cm³/mol. The van der Waals surface area contributed by atoms with Gasteiger partial charge in [0.25, 0.3) is 0 Å². The number of rotatable bonds is 5. The van der Waals surface area contributed by atoms with Gasteiger partial charge in [0.15, 0.2) is 6.79 Å². The Hall–Kier alpha value is -1.34. The van der Waals surface area contributed by atoms with Gasteiger partial charge in [0.2, 0.25) is 0 Å². The van der Waals surface area contributed by atoms with Gasteiger partial charge in [0, 0.05) is 17.7 Å². The zero-order valence-corrected chi connectivity index (χ0v) is 9.63. The minimum atomic E-state index is -4.41. The molecule has 0 saturated carbocycles. The summed E-state index contributed by atoms with van der Waals surface area (Å²) in [6.07, 6.45) is -4.41. The lowest BCUT2D eigenvalue weighted by Gasteiger charge is -2.11. The van der Waals surface area contributed by atoms with Crippen LogP contribution in [0.4, 0.5) is 17.6 Å². The standard InChI is InChI=1S/C11H13F4NO2/c1-7(16)9-3-2-8(4-10(9)12)18-6-17-5-11(13,14)15/h2-4,7H,5-6,16H2,1H3/t7-/m0/s1. The van der Waals surface area contributed by atoms with Crippen LogP contribution < -0.4 is 10.5 Å². The minimum Gasteiger partial charge on any atom is -0.467 e. The zero-order chi connectivity index (χ0) is 13.8. The largest absolute Gasteiger partial charge is 0.467 e. The van der Waals surface area contributed by atoms with E-state index in [1.54, 1.807) is 6.92 Å². The second-order valence-electron chi connectivity index (χ2n) is 3.70. The summed E-state index contributed by atoms with van der Waals surface area (Å²) in [7, 11) is 0. The molecule has 0 fully saturated rings. The first-order chi connectivity index (χ1) is 8.29. The van der Waals surface area contributed by atoms with E-state index in [4.69, 9.17) is 10.5 Å². The van der Waals surface area contributed by atoms with Gasteiger partial charge in [-0.05, 0) is 13.0 Å². The molecular formula is C11H13F4NO2. The third-order valence-electron chi connectivity index (χ3n) is 2.04. The SMILES string of the molecule is C[C@H](N)c1ccc(OCOCC(F)(F)F)cc1F. The third-order valence-corrected chi connectivity index (χ3v) is 2.04. The molecule has 1 aromatic rings. The molecule has 102 valence electrons. The fraction of sp³-hybridized carbons (Fsp3) is 0.455. The van der Waals surface area contributed by atoms with Gasteiger partial charge in [0.05, 0.1) is 0 Å². The van der Waals surface area contributed by atoms with E-state index in [1.807, 2.05) is 0 Å². The highest BCUT2D eigenvalue weighted by molar-refractivity contribution is 5.30. The van der Waals surface area contributed by atoms with Crippen LogP contribution in [0.15, 0.2) is 18.2 Å². The van der Waals surface area contributed by atoms with Gasteiger partial charge in [-0.15, -0.1) is 0 Å². The van der Waals surface area contributed by atoms with E-state index in [-0.39, 0.29) is 5.75 Å². The Labute approximate surface area is 101 Å². The molecule has 7 heteroatoms. The van der Waals surface area contributed by atoms with Crippen LogP contribution in [0.1, 0.15) is 18.5 Å². The van der Waals surface area contributed by atoms with E-state index >= 15 is 0 Å². The van der Waals surface area contributed by atoms with Crippen LogP contribution in [0.3, 0.4) is 0 Å². The van der Waals surface area contributed by atoms with Gasteiger partial charge in [-0.3, -0.25) is 0 Å². The van der Waals surface area contributed by atoms with E-state index in [2.05, 4.69) is 4.74 Å². The van der Waals surface area contributed by atoms with Crippen LogP contribution in [0.2, 0.25) is 0 Å². The van der Waals surface area contributed by atoms with Crippen LogP contribution in [0.5, 0.6) is 5.75 Å². The van der Waals surface area contributed by atoms with E-state index in [0.29, 0.717) is 5.56 Å². The Morgan fingerprint density at radius 1 is 1.33 bits per heavy atom. The lowest BCUT2D eigenvalue weighted by Crippen LogP contribution is -2.19. The van der Waals surface area contributed by atoms with Crippen LogP contribution in [-0.4, -0.2) is 19.6 Å². The van der Waals surface area contributed by atoms with E-state index in [0.717, 1.165) is 6.07 Å². The topological polar surface area (TPSA) is 44.5 Å². The van der Waals surface area contributed by atoms with Crippen molar-refractivity contribution in [3.05, 3.63) is 29.6 Å². The minimum absolute atomic E-state index is 0.0825. The Bertz CT molecular complexity index is 393. The van der Waals surface area contributed by atoms with Crippen molar-refractivity contribution in [3.8, 4) is 5.75 Å². The predicted octanol–water partition coefficient (Wildman–Crippen LogP) is 2.76. The van der Waals surface area contributed by atoms with Crippen molar-refractivity contribution < 1.29 is 27.0 Å². The molecule has 0 aliphatic carbocycles. The lowest BCUT2D eigenvalue weighted by molar-refractivity contribution is -0.186. The fourth-order valence-corrected chi connectivity index (χ4v) is 1.23. The molecule has 0 heterocycles. The Morgan fingerprint density at radius 3 is 2.50 bits per heavy atom. The number of benzene rings is 1. The summed E-state index contributed by atoms with van der Waals surface area (Å²) < 4.78 is 57.7. The maximum Gasteiger partial charge on any atom is 0.411 e.